The minimum atomic E-state index is -0.830. The number of rotatable bonds is 3. The first kappa shape index (κ1) is 22.4. The Morgan fingerprint density at radius 2 is 1.72 bits per heavy atom. The lowest BCUT2D eigenvalue weighted by Crippen LogP contribution is -2.49. The Balaban J connectivity index is 1.32. The van der Waals surface area contributed by atoms with Crippen molar-refractivity contribution in [3.8, 4) is 0 Å². The van der Waals surface area contributed by atoms with E-state index in [1.165, 1.54) is 0 Å². The molecule has 1 aliphatic carbocycles. The topological polar surface area (TPSA) is 102 Å². The van der Waals surface area contributed by atoms with Crippen molar-refractivity contribution in [3.05, 3.63) is 29.3 Å². The van der Waals surface area contributed by atoms with E-state index >= 15 is 0 Å². The normalized spacial score (nSPS) is 20.8. The van der Waals surface area contributed by atoms with Gasteiger partial charge in [-0.25, -0.2) is 9.59 Å². The number of carbonyl (C=O) groups is 4. The Labute approximate surface area is 192 Å². The molecule has 0 atom stereocenters. The number of halogens is 1. The van der Waals surface area contributed by atoms with Crippen molar-refractivity contribution < 1.29 is 19.2 Å². The zero-order chi connectivity index (χ0) is 22.7. The largest absolute Gasteiger partial charge is 0.339 e. The third-order valence-corrected chi connectivity index (χ3v) is 6.69. The van der Waals surface area contributed by atoms with Gasteiger partial charge in [-0.15, -0.1) is 0 Å². The van der Waals surface area contributed by atoms with E-state index in [-0.39, 0.29) is 24.4 Å². The molecule has 1 spiro atoms. The van der Waals surface area contributed by atoms with Gasteiger partial charge in [-0.2, -0.15) is 0 Å². The number of urea groups is 2. The maximum atomic E-state index is 12.9. The highest BCUT2D eigenvalue weighted by atomic mass is 35.5. The predicted octanol–water partition coefficient (Wildman–Crippen LogP) is 2.66. The van der Waals surface area contributed by atoms with E-state index in [9.17, 15) is 19.2 Å². The summed E-state index contributed by atoms with van der Waals surface area (Å²) in [7, 11) is 0. The molecule has 2 saturated heterocycles. The van der Waals surface area contributed by atoms with Crippen LogP contribution in [0.2, 0.25) is 5.02 Å². The molecule has 32 heavy (non-hydrogen) atoms. The van der Waals surface area contributed by atoms with Crippen molar-refractivity contribution in [2.45, 2.75) is 44.1 Å². The molecule has 6 amide bonds. The van der Waals surface area contributed by atoms with Crippen LogP contribution in [-0.4, -0.2) is 76.8 Å². The van der Waals surface area contributed by atoms with Gasteiger partial charge in [-0.1, -0.05) is 36.9 Å². The Morgan fingerprint density at radius 1 is 1.00 bits per heavy atom. The van der Waals surface area contributed by atoms with Crippen LogP contribution in [0, 0.1) is 0 Å². The summed E-state index contributed by atoms with van der Waals surface area (Å²) in [6, 6.07) is 6.18. The van der Waals surface area contributed by atoms with Gasteiger partial charge in [0.05, 0.1) is 0 Å². The van der Waals surface area contributed by atoms with Gasteiger partial charge in [0.25, 0.3) is 5.91 Å². The second-order valence-corrected chi connectivity index (χ2v) is 9.06. The lowest BCUT2D eigenvalue weighted by molar-refractivity contribution is -0.139. The first-order valence-electron chi connectivity index (χ1n) is 11.1. The van der Waals surface area contributed by atoms with Crippen molar-refractivity contribution >= 4 is 41.2 Å². The molecule has 0 bridgehead atoms. The maximum Gasteiger partial charge on any atom is 0.325 e. The first-order chi connectivity index (χ1) is 15.4. The molecule has 1 saturated carbocycles. The van der Waals surface area contributed by atoms with E-state index in [4.69, 9.17) is 11.6 Å². The summed E-state index contributed by atoms with van der Waals surface area (Å²) in [6.45, 7) is 1.41. The molecule has 2 aliphatic heterocycles. The molecule has 0 aromatic heterocycles. The standard InChI is InChI=1S/C22H28ClN5O4/c23-16-6-4-7-17(14-16)24-20(31)27-11-5-10-26(12-13-27)18(29)15-28-19(30)22(25-21(28)32)8-2-1-3-9-22/h4,6-7,14H,1-3,5,8-13,15H2,(H,24,31)(H,25,32). The molecule has 1 aromatic rings. The number of nitrogens with one attached hydrogen (secondary N) is 2. The van der Waals surface area contributed by atoms with Gasteiger partial charge in [0.1, 0.15) is 12.1 Å². The molecule has 172 valence electrons. The number of hydrogen-bond acceptors (Lipinski definition) is 4. The number of anilines is 1. The van der Waals surface area contributed by atoms with Crippen LogP contribution in [0.1, 0.15) is 38.5 Å². The lowest BCUT2D eigenvalue weighted by Gasteiger charge is -2.30. The molecule has 0 radical (unpaired) electrons. The first-order valence-corrected chi connectivity index (χ1v) is 11.5. The maximum absolute atomic E-state index is 12.9. The summed E-state index contributed by atoms with van der Waals surface area (Å²) >= 11 is 5.97. The number of carbonyl (C=O) groups excluding carboxylic acids is 4. The molecule has 1 aromatic carbocycles. The van der Waals surface area contributed by atoms with Gasteiger partial charge in [0, 0.05) is 36.9 Å². The molecule has 0 unspecified atom stereocenters. The van der Waals surface area contributed by atoms with E-state index in [0.717, 1.165) is 24.2 Å². The zero-order valence-electron chi connectivity index (χ0n) is 17.9. The average Bonchev–Trinajstić information content (AvgIpc) is 2.95. The summed E-state index contributed by atoms with van der Waals surface area (Å²) in [6.07, 6.45) is 4.71. The van der Waals surface area contributed by atoms with Gasteiger partial charge in [0.2, 0.25) is 5.91 Å². The Bertz CT molecular complexity index is 917. The Kier molecular flexibility index (Phi) is 6.55. The summed E-state index contributed by atoms with van der Waals surface area (Å²) in [5, 5.41) is 6.19. The van der Waals surface area contributed by atoms with Gasteiger partial charge in [0.15, 0.2) is 0 Å². The minimum Gasteiger partial charge on any atom is -0.339 e. The molecule has 3 aliphatic rings. The summed E-state index contributed by atoms with van der Waals surface area (Å²) < 4.78 is 0. The highest BCUT2D eigenvalue weighted by Gasteiger charge is 2.51. The fourth-order valence-electron chi connectivity index (χ4n) is 4.69. The van der Waals surface area contributed by atoms with Crippen LogP contribution in [0.4, 0.5) is 15.3 Å². The SMILES string of the molecule is O=C(CN1C(=O)NC2(CCCCC2)C1=O)N1CCCN(C(=O)Nc2cccc(Cl)c2)CC1. The zero-order valence-corrected chi connectivity index (χ0v) is 18.7. The van der Waals surface area contributed by atoms with Crippen LogP contribution in [0.25, 0.3) is 0 Å². The van der Waals surface area contributed by atoms with Crippen LogP contribution in [0.15, 0.2) is 24.3 Å². The highest BCUT2D eigenvalue weighted by molar-refractivity contribution is 6.30. The molecular weight excluding hydrogens is 434 g/mol. The third kappa shape index (κ3) is 4.67. The molecule has 3 fully saturated rings. The van der Waals surface area contributed by atoms with Gasteiger partial charge in [-0.05, 0) is 37.5 Å². The highest BCUT2D eigenvalue weighted by Crippen LogP contribution is 2.33. The number of amides is 6. The summed E-state index contributed by atoms with van der Waals surface area (Å²) in [5.74, 6) is -0.564. The third-order valence-electron chi connectivity index (χ3n) is 6.46. The molecule has 2 heterocycles. The van der Waals surface area contributed by atoms with E-state index in [1.54, 1.807) is 34.1 Å². The fraction of sp³-hybridized carbons (Fsp3) is 0.545. The van der Waals surface area contributed by atoms with E-state index in [0.29, 0.717) is 56.2 Å². The van der Waals surface area contributed by atoms with E-state index < -0.39 is 11.6 Å². The molecular formula is C22H28ClN5O4. The van der Waals surface area contributed by atoms with Crippen molar-refractivity contribution in [1.29, 1.82) is 0 Å². The van der Waals surface area contributed by atoms with Crippen LogP contribution in [0.3, 0.4) is 0 Å². The van der Waals surface area contributed by atoms with Gasteiger partial charge < -0.3 is 20.4 Å². The van der Waals surface area contributed by atoms with Crippen LogP contribution >= 0.6 is 11.6 Å². The fourth-order valence-corrected chi connectivity index (χ4v) is 4.88. The van der Waals surface area contributed by atoms with Crippen LogP contribution in [0.5, 0.6) is 0 Å². The summed E-state index contributed by atoms with van der Waals surface area (Å²) in [4.78, 5) is 55.2. The molecule has 4 rings (SSSR count). The van der Waals surface area contributed by atoms with Crippen molar-refractivity contribution in [3.63, 3.8) is 0 Å². The van der Waals surface area contributed by atoms with Crippen molar-refractivity contribution in [2.75, 3.05) is 38.0 Å². The van der Waals surface area contributed by atoms with Crippen LogP contribution in [-0.2, 0) is 9.59 Å². The monoisotopic (exact) mass is 461 g/mol. The van der Waals surface area contributed by atoms with Gasteiger partial charge >= 0.3 is 12.1 Å². The van der Waals surface area contributed by atoms with Crippen LogP contribution < -0.4 is 10.6 Å². The quantitative estimate of drug-likeness (QED) is 0.675. The number of imide groups is 1. The number of hydrogen-bond donors (Lipinski definition) is 2. The smallest absolute Gasteiger partial charge is 0.325 e. The number of nitrogens with zero attached hydrogens (tertiary/aromatic N) is 3. The second kappa shape index (κ2) is 9.36. The minimum absolute atomic E-state index is 0.255. The van der Waals surface area contributed by atoms with Crippen molar-refractivity contribution in [1.82, 2.24) is 20.0 Å². The van der Waals surface area contributed by atoms with Crippen molar-refractivity contribution in [2.24, 2.45) is 0 Å². The van der Waals surface area contributed by atoms with Gasteiger partial charge in [-0.3, -0.25) is 14.5 Å². The Morgan fingerprint density at radius 3 is 2.47 bits per heavy atom. The second-order valence-electron chi connectivity index (χ2n) is 8.63. The van der Waals surface area contributed by atoms with E-state index in [2.05, 4.69) is 10.6 Å². The predicted molar refractivity (Wildman–Crippen MR) is 119 cm³/mol. The lowest BCUT2D eigenvalue weighted by atomic mass is 9.82. The van der Waals surface area contributed by atoms with E-state index in [1.807, 2.05) is 0 Å². The molecule has 2 N–H and O–H groups in total. The molecule has 10 heteroatoms. The summed E-state index contributed by atoms with van der Waals surface area (Å²) in [5.41, 5.74) is -0.223. The molecule has 9 nitrogen and oxygen atoms in total. The number of benzene rings is 1. The Hall–Kier alpha value is -2.81. The average molecular weight is 462 g/mol.